The zero-order chi connectivity index (χ0) is 21.3. The van der Waals surface area contributed by atoms with E-state index in [0.29, 0.717) is 12.8 Å². The predicted octanol–water partition coefficient (Wildman–Crippen LogP) is 6.45. The topological polar surface area (TPSA) is 74.6 Å². The lowest BCUT2D eigenvalue weighted by Gasteiger charge is -2.26. The molecule has 0 spiro atoms. The second-order valence-electron chi connectivity index (χ2n) is 8.21. The van der Waals surface area contributed by atoms with Gasteiger partial charge in [-0.05, 0) is 45.4 Å². The zero-order valence-electron chi connectivity index (χ0n) is 18.5. The molecule has 28 heavy (non-hydrogen) atoms. The van der Waals surface area contributed by atoms with Gasteiger partial charge in [-0.3, -0.25) is 9.59 Å². The lowest BCUT2D eigenvalue weighted by molar-refractivity contribution is -0.155. The Labute approximate surface area is 172 Å². The molecule has 4 nitrogen and oxygen atoms in total. The quantitative estimate of drug-likeness (QED) is 0.149. The predicted molar refractivity (Wildman–Crippen MR) is 116 cm³/mol. The van der Waals surface area contributed by atoms with Gasteiger partial charge in [0.1, 0.15) is 11.2 Å². The van der Waals surface area contributed by atoms with Crippen LogP contribution in [0, 0.1) is 5.41 Å². The number of aliphatic carboxylic acids is 1. The standard InChI is InChI=1S/C24H44O4/c1-4-6-8-14-17-22(26)18-15-12-10-9-11-13-16-20-24(21(3)25,23(27)28)19-7-5-2/h12,15,22,26H,4-11,13-14,16-20H2,1-3H3,(H,27,28)/b15-12-/t22-,24?/m1/s1. The van der Waals surface area contributed by atoms with E-state index in [1.807, 2.05) is 6.92 Å². The maximum atomic E-state index is 12.0. The number of hydrogen-bond acceptors (Lipinski definition) is 3. The average Bonchev–Trinajstić information content (AvgIpc) is 2.65. The van der Waals surface area contributed by atoms with Crippen molar-refractivity contribution in [2.75, 3.05) is 0 Å². The number of aliphatic hydroxyl groups excluding tert-OH is 1. The Morgan fingerprint density at radius 2 is 1.46 bits per heavy atom. The Morgan fingerprint density at radius 1 is 0.857 bits per heavy atom. The maximum absolute atomic E-state index is 12.0. The summed E-state index contributed by atoms with van der Waals surface area (Å²) in [4.78, 5) is 23.7. The van der Waals surface area contributed by atoms with Crippen LogP contribution in [0.3, 0.4) is 0 Å². The van der Waals surface area contributed by atoms with Gasteiger partial charge in [0, 0.05) is 0 Å². The van der Waals surface area contributed by atoms with Crippen LogP contribution in [0.1, 0.15) is 117 Å². The molecule has 2 N–H and O–H groups in total. The van der Waals surface area contributed by atoms with Crippen molar-refractivity contribution in [2.24, 2.45) is 5.41 Å². The number of carboxylic acids is 1. The van der Waals surface area contributed by atoms with E-state index < -0.39 is 11.4 Å². The highest BCUT2D eigenvalue weighted by atomic mass is 16.4. The second kappa shape index (κ2) is 16.8. The lowest BCUT2D eigenvalue weighted by Crippen LogP contribution is -2.38. The van der Waals surface area contributed by atoms with Crippen LogP contribution in [-0.2, 0) is 9.59 Å². The summed E-state index contributed by atoms with van der Waals surface area (Å²) in [7, 11) is 0. The fourth-order valence-electron chi connectivity index (χ4n) is 3.66. The summed E-state index contributed by atoms with van der Waals surface area (Å²) >= 11 is 0. The smallest absolute Gasteiger partial charge is 0.317 e. The number of Topliss-reactive ketones (excluding diaryl/α,β-unsaturated/α-hetero) is 1. The number of rotatable bonds is 19. The van der Waals surface area contributed by atoms with Gasteiger partial charge in [0.2, 0.25) is 0 Å². The first-order valence-electron chi connectivity index (χ1n) is 11.5. The molecule has 0 aliphatic carbocycles. The first-order valence-corrected chi connectivity index (χ1v) is 11.5. The van der Waals surface area contributed by atoms with Gasteiger partial charge in [-0.2, -0.15) is 0 Å². The van der Waals surface area contributed by atoms with Gasteiger partial charge in [-0.1, -0.05) is 83.8 Å². The van der Waals surface area contributed by atoms with E-state index >= 15 is 0 Å². The second-order valence-corrected chi connectivity index (χ2v) is 8.21. The normalized spacial score (nSPS) is 14.9. The minimum Gasteiger partial charge on any atom is -0.480 e. The largest absolute Gasteiger partial charge is 0.480 e. The van der Waals surface area contributed by atoms with Crippen molar-refractivity contribution >= 4 is 11.8 Å². The molecular weight excluding hydrogens is 352 g/mol. The van der Waals surface area contributed by atoms with Crippen molar-refractivity contribution < 1.29 is 19.8 Å². The molecule has 0 bridgehead atoms. The Balaban J connectivity index is 3.94. The van der Waals surface area contributed by atoms with Crippen LogP contribution in [0.4, 0.5) is 0 Å². The van der Waals surface area contributed by atoms with Crippen molar-refractivity contribution in [3.05, 3.63) is 12.2 Å². The fraction of sp³-hybridized carbons (Fsp3) is 0.833. The molecule has 4 heteroatoms. The molecule has 0 rings (SSSR count). The molecule has 0 aromatic rings. The molecule has 164 valence electrons. The van der Waals surface area contributed by atoms with E-state index in [1.54, 1.807) is 0 Å². The van der Waals surface area contributed by atoms with Crippen LogP contribution < -0.4 is 0 Å². The molecule has 0 aliphatic heterocycles. The Kier molecular flexibility index (Phi) is 16.1. The van der Waals surface area contributed by atoms with Crippen molar-refractivity contribution in [1.82, 2.24) is 0 Å². The Hall–Kier alpha value is -1.16. The minimum absolute atomic E-state index is 0.204. The van der Waals surface area contributed by atoms with Gasteiger partial charge < -0.3 is 10.2 Å². The van der Waals surface area contributed by atoms with E-state index in [0.717, 1.165) is 64.2 Å². The highest BCUT2D eigenvalue weighted by Gasteiger charge is 2.41. The van der Waals surface area contributed by atoms with Crippen LogP contribution in [0.5, 0.6) is 0 Å². The van der Waals surface area contributed by atoms with Gasteiger partial charge in [0.05, 0.1) is 6.10 Å². The summed E-state index contributed by atoms with van der Waals surface area (Å²) in [5, 5.41) is 19.5. The monoisotopic (exact) mass is 396 g/mol. The average molecular weight is 397 g/mol. The van der Waals surface area contributed by atoms with Gasteiger partial charge in [0.15, 0.2) is 0 Å². The molecule has 0 radical (unpaired) electrons. The molecule has 0 aromatic carbocycles. The molecule has 0 fully saturated rings. The molecular formula is C24H44O4. The maximum Gasteiger partial charge on any atom is 0.317 e. The number of hydrogen-bond donors (Lipinski definition) is 2. The highest BCUT2D eigenvalue weighted by molar-refractivity contribution is 6.01. The third kappa shape index (κ3) is 11.6. The third-order valence-electron chi connectivity index (χ3n) is 5.73. The summed E-state index contributed by atoms with van der Waals surface area (Å²) in [6.45, 7) is 5.63. The van der Waals surface area contributed by atoms with Crippen molar-refractivity contribution in [3.63, 3.8) is 0 Å². The summed E-state index contributed by atoms with van der Waals surface area (Å²) < 4.78 is 0. The number of carbonyl (C=O) groups excluding carboxylic acids is 1. The number of ketones is 1. The molecule has 1 unspecified atom stereocenters. The minimum atomic E-state index is -1.18. The van der Waals surface area contributed by atoms with Gasteiger partial charge in [-0.15, -0.1) is 0 Å². The molecule has 0 heterocycles. The fourth-order valence-corrected chi connectivity index (χ4v) is 3.66. The van der Waals surface area contributed by atoms with Crippen molar-refractivity contribution in [1.29, 1.82) is 0 Å². The molecule has 0 saturated carbocycles. The van der Waals surface area contributed by atoms with Crippen LogP contribution in [0.15, 0.2) is 12.2 Å². The first kappa shape index (κ1) is 26.8. The van der Waals surface area contributed by atoms with Crippen molar-refractivity contribution in [3.8, 4) is 0 Å². The molecule has 2 atom stereocenters. The summed E-state index contributed by atoms with van der Waals surface area (Å²) in [5.41, 5.74) is -1.18. The number of aliphatic hydroxyl groups is 1. The zero-order valence-corrected chi connectivity index (χ0v) is 18.5. The number of carbonyl (C=O) groups is 2. The third-order valence-corrected chi connectivity index (χ3v) is 5.73. The van der Waals surface area contributed by atoms with Gasteiger partial charge in [-0.25, -0.2) is 0 Å². The van der Waals surface area contributed by atoms with Crippen LogP contribution in [0.25, 0.3) is 0 Å². The Bertz CT molecular complexity index is 428. The number of allylic oxidation sites excluding steroid dienone is 1. The van der Waals surface area contributed by atoms with E-state index in [9.17, 15) is 19.8 Å². The number of carboxylic acid groups (broad SMARTS) is 1. The van der Waals surface area contributed by atoms with Crippen LogP contribution in [-0.4, -0.2) is 28.1 Å². The van der Waals surface area contributed by atoms with Gasteiger partial charge >= 0.3 is 5.97 Å². The Morgan fingerprint density at radius 3 is 2.07 bits per heavy atom. The van der Waals surface area contributed by atoms with E-state index in [-0.39, 0.29) is 11.9 Å². The highest BCUT2D eigenvalue weighted by Crippen LogP contribution is 2.33. The molecule has 0 aromatic heterocycles. The summed E-state index contributed by atoms with van der Waals surface area (Å²) in [6.07, 6.45) is 17.9. The van der Waals surface area contributed by atoms with Crippen LogP contribution >= 0.6 is 0 Å². The first-order chi connectivity index (χ1) is 13.4. The number of unbranched alkanes of at least 4 members (excludes halogenated alkanes) is 8. The van der Waals surface area contributed by atoms with Gasteiger partial charge in [0.25, 0.3) is 0 Å². The van der Waals surface area contributed by atoms with E-state index in [2.05, 4.69) is 19.1 Å². The summed E-state index contributed by atoms with van der Waals surface area (Å²) in [5.74, 6) is -1.16. The molecule has 0 aliphatic rings. The van der Waals surface area contributed by atoms with Crippen molar-refractivity contribution in [2.45, 2.75) is 123 Å². The lowest BCUT2D eigenvalue weighted by atomic mass is 9.75. The van der Waals surface area contributed by atoms with E-state index in [1.165, 1.54) is 26.2 Å². The SMILES string of the molecule is CCCCCC[C@@H](O)C/C=C\CCCCCCC(CCCC)(C(C)=O)C(=O)O. The summed E-state index contributed by atoms with van der Waals surface area (Å²) in [6, 6.07) is 0. The van der Waals surface area contributed by atoms with Crippen LogP contribution in [0.2, 0.25) is 0 Å². The molecule has 0 amide bonds. The van der Waals surface area contributed by atoms with E-state index in [4.69, 9.17) is 0 Å². The molecule has 0 saturated heterocycles.